The van der Waals surface area contributed by atoms with E-state index in [0.717, 1.165) is 56.5 Å². The number of nitrogens with zero attached hydrogens (tertiary/aromatic N) is 3. The van der Waals surface area contributed by atoms with Gasteiger partial charge in [-0.25, -0.2) is 9.98 Å². The number of aliphatic hydroxyl groups is 1. The molecule has 3 N–H and O–H groups in total. The predicted molar refractivity (Wildman–Crippen MR) is 137 cm³/mol. The molecule has 0 radical (unpaired) electrons. The normalized spacial score (nSPS) is 21.3. The number of nitrogens with one attached hydrogen (secondary N) is 2. The predicted octanol–water partition coefficient (Wildman–Crippen LogP) is 3.31. The van der Waals surface area contributed by atoms with E-state index in [-0.39, 0.29) is 42.1 Å². The standard InChI is InChI=1S/C23H39N5O2.HI/c1-3-24-22(27-18-23(10-13-29)8-5-4-6-9-23)26-16-20-7-11-25-21(15-20)28-12-14-30-19(2)17-28;/h7,11,15,19,29H,3-6,8-10,12-14,16-18H2,1-2H3,(H2,24,26,27);1H. The van der Waals surface area contributed by atoms with Gasteiger partial charge in [0.15, 0.2) is 5.96 Å². The fraction of sp³-hybridized carbons (Fsp3) is 0.739. The van der Waals surface area contributed by atoms with Crippen LogP contribution in [0.25, 0.3) is 0 Å². The first-order valence-corrected chi connectivity index (χ1v) is 11.6. The van der Waals surface area contributed by atoms with Crippen LogP contribution in [0, 0.1) is 5.41 Å². The van der Waals surface area contributed by atoms with Gasteiger partial charge in [-0.2, -0.15) is 0 Å². The quantitative estimate of drug-likeness (QED) is 0.264. The highest BCUT2D eigenvalue weighted by Crippen LogP contribution is 2.38. The van der Waals surface area contributed by atoms with Crippen molar-refractivity contribution in [2.24, 2.45) is 10.4 Å². The Morgan fingerprint density at radius 3 is 2.84 bits per heavy atom. The molecular weight excluding hydrogens is 505 g/mol. The van der Waals surface area contributed by atoms with Gasteiger partial charge in [-0.1, -0.05) is 19.3 Å². The maximum atomic E-state index is 9.56. The lowest BCUT2D eigenvalue weighted by atomic mass is 9.72. The van der Waals surface area contributed by atoms with Gasteiger partial charge in [-0.15, -0.1) is 24.0 Å². The topological polar surface area (TPSA) is 82.0 Å². The number of morpholine rings is 1. The summed E-state index contributed by atoms with van der Waals surface area (Å²) in [6.07, 6.45) is 9.18. The number of ether oxygens (including phenoxy) is 1. The van der Waals surface area contributed by atoms with E-state index >= 15 is 0 Å². The third-order valence-corrected chi connectivity index (χ3v) is 6.33. The van der Waals surface area contributed by atoms with Crippen LogP contribution in [0.3, 0.4) is 0 Å². The maximum Gasteiger partial charge on any atom is 0.191 e. The summed E-state index contributed by atoms with van der Waals surface area (Å²) >= 11 is 0. The lowest BCUT2D eigenvalue weighted by Crippen LogP contribution is -2.45. The average Bonchev–Trinajstić information content (AvgIpc) is 2.77. The van der Waals surface area contributed by atoms with Gasteiger partial charge in [0.25, 0.3) is 0 Å². The van der Waals surface area contributed by atoms with Crippen molar-refractivity contribution in [3.8, 4) is 0 Å². The Hall–Kier alpha value is -1.13. The Morgan fingerprint density at radius 1 is 1.32 bits per heavy atom. The lowest BCUT2D eigenvalue weighted by molar-refractivity contribution is 0.0529. The second kappa shape index (κ2) is 13.4. The minimum absolute atomic E-state index is 0. The van der Waals surface area contributed by atoms with E-state index in [9.17, 15) is 5.11 Å². The van der Waals surface area contributed by atoms with E-state index in [1.807, 2.05) is 12.3 Å². The number of aliphatic hydroxyl groups excluding tert-OH is 1. The summed E-state index contributed by atoms with van der Waals surface area (Å²) in [4.78, 5) is 11.7. The van der Waals surface area contributed by atoms with Crippen LogP contribution in [0.1, 0.15) is 57.9 Å². The molecule has 0 bridgehead atoms. The summed E-state index contributed by atoms with van der Waals surface area (Å²) in [6.45, 7) is 9.25. The molecule has 1 saturated heterocycles. The molecule has 0 aromatic carbocycles. The number of halogens is 1. The largest absolute Gasteiger partial charge is 0.396 e. The van der Waals surface area contributed by atoms with Crippen LogP contribution in [0.2, 0.25) is 0 Å². The van der Waals surface area contributed by atoms with Crippen molar-refractivity contribution >= 4 is 35.8 Å². The van der Waals surface area contributed by atoms with Crippen LogP contribution in [0.15, 0.2) is 23.3 Å². The molecule has 2 fully saturated rings. The van der Waals surface area contributed by atoms with E-state index in [1.165, 1.54) is 32.1 Å². The third kappa shape index (κ3) is 8.05. The molecule has 0 amide bonds. The van der Waals surface area contributed by atoms with E-state index < -0.39 is 0 Å². The summed E-state index contributed by atoms with van der Waals surface area (Å²) in [7, 11) is 0. The molecule has 1 unspecified atom stereocenters. The molecule has 176 valence electrons. The minimum Gasteiger partial charge on any atom is -0.396 e. The monoisotopic (exact) mass is 545 g/mol. The van der Waals surface area contributed by atoms with Crippen molar-refractivity contribution in [2.45, 2.75) is 65.0 Å². The van der Waals surface area contributed by atoms with Crippen molar-refractivity contribution < 1.29 is 9.84 Å². The molecule has 2 aliphatic rings. The van der Waals surface area contributed by atoms with Crippen LogP contribution >= 0.6 is 24.0 Å². The third-order valence-electron chi connectivity index (χ3n) is 6.33. The molecule has 31 heavy (non-hydrogen) atoms. The van der Waals surface area contributed by atoms with Gasteiger partial charge in [-0.05, 0) is 56.2 Å². The number of hydrogen-bond acceptors (Lipinski definition) is 5. The second-order valence-electron chi connectivity index (χ2n) is 8.73. The smallest absolute Gasteiger partial charge is 0.191 e. The summed E-state index contributed by atoms with van der Waals surface area (Å²) in [5, 5.41) is 16.5. The summed E-state index contributed by atoms with van der Waals surface area (Å²) in [5.41, 5.74) is 1.35. The molecule has 3 rings (SSSR count). The van der Waals surface area contributed by atoms with Crippen LogP contribution in [0.5, 0.6) is 0 Å². The number of hydrogen-bond donors (Lipinski definition) is 3. The van der Waals surface area contributed by atoms with Crippen molar-refractivity contribution in [2.75, 3.05) is 44.3 Å². The molecule has 1 atom stereocenters. The van der Waals surface area contributed by atoms with Crippen molar-refractivity contribution in [1.29, 1.82) is 0 Å². The number of aromatic nitrogens is 1. The van der Waals surface area contributed by atoms with Crippen LogP contribution < -0.4 is 15.5 Å². The van der Waals surface area contributed by atoms with Crippen LogP contribution in [-0.2, 0) is 11.3 Å². The Morgan fingerprint density at radius 2 is 2.13 bits per heavy atom. The number of guanidine groups is 1. The molecule has 1 saturated carbocycles. The van der Waals surface area contributed by atoms with Gasteiger partial charge in [-0.3, -0.25) is 0 Å². The molecular formula is C23H40IN5O2. The van der Waals surface area contributed by atoms with Gasteiger partial charge in [0.2, 0.25) is 0 Å². The number of pyridine rings is 1. The molecule has 7 nitrogen and oxygen atoms in total. The number of anilines is 1. The molecule has 1 aliphatic carbocycles. The van der Waals surface area contributed by atoms with Gasteiger partial charge in [0.1, 0.15) is 5.82 Å². The Kier molecular flexibility index (Phi) is 11.3. The fourth-order valence-electron chi connectivity index (χ4n) is 4.60. The zero-order chi connectivity index (χ0) is 21.2. The van der Waals surface area contributed by atoms with Crippen molar-refractivity contribution in [3.63, 3.8) is 0 Å². The number of aliphatic imine (C=N–C) groups is 1. The van der Waals surface area contributed by atoms with E-state index in [0.29, 0.717) is 6.54 Å². The summed E-state index contributed by atoms with van der Waals surface area (Å²) < 4.78 is 5.64. The van der Waals surface area contributed by atoms with Gasteiger partial charge >= 0.3 is 0 Å². The van der Waals surface area contributed by atoms with E-state index in [1.54, 1.807) is 0 Å². The molecule has 1 aliphatic heterocycles. The molecule has 2 heterocycles. The average molecular weight is 546 g/mol. The SMILES string of the molecule is CCNC(=NCc1ccnc(N2CCOC(C)C2)c1)NCC1(CCO)CCCCC1.I. The molecule has 8 heteroatoms. The zero-order valence-electron chi connectivity index (χ0n) is 19.1. The van der Waals surface area contributed by atoms with Gasteiger partial charge in [0, 0.05) is 39.0 Å². The van der Waals surface area contributed by atoms with Gasteiger partial charge < -0.3 is 25.4 Å². The zero-order valence-corrected chi connectivity index (χ0v) is 21.4. The lowest BCUT2D eigenvalue weighted by Gasteiger charge is -2.37. The van der Waals surface area contributed by atoms with Crippen LogP contribution in [-0.4, -0.2) is 61.5 Å². The second-order valence-corrected chi connectivity index (χ2v) is 8.73. The highest BCUT2D eigenvalue weighted by Gasteiger charge is 2.31. The van der Waals surface area contributed by atoms with Gasteiger partial charge in [0.05, 0.1) is 19.3 Å². The minimum atomic E-state index is 0. The maximum absolute atomic E-state index is 9.56. The Bertz CT molecular complexity index is 676. The van der Waals surface area contributed by atoms with E-state index in [4.69, 9.17) is 9.73 Å². The van der Waals surface area contributed by atoms with Crippen LogP contribution in [0.4, 0.5) is 5.82 Å². The van der Waals surface area contributed by atoms with Crippen molar-refractivity contribution in [3.05, 3.63) is 23.9 Å². The first kappa shape index (κ1) is 26.1. The summed E-state index contributed by atoms with van der Waals surface area (Å²) in [6, 6.07) is 4.17. The highest BCUT2D eigenvalue weighted by molar-refractivity contribution is 14.0. The van der Waals surface area contributed by atoms with Crippen molar-refractivity contribution in [1.82, 2.24) is 15.6 Å². The first-order valence-electron chi connectivity index (χ1n) is 11.6. The molecule has 1 aromatic heterocycles. The molecule has 1 aromatic rings. The number of rotatable bonds is 8. The fourth-order valence-corrected chi connectivity index (χ4v) is 4.60. The molecule has 0 spiro atoms. The summed E-state index contributed by atoms with van der Waals surface area (Å²) in [5.74, 6) is 1.85. The first-order chi connectivity index (χ1) is 14.6. The Balaban J connectivity index is 0.00000341. The van der Waals surface area contributed by atoms with E-state index in [2.05, 4.69) is 40.4 Å². The Labute approximate surface area is 204 Å². The highest BCUT2D eigenvalue weighted by atomic mass is 127.